The third-order valence-corrected chi connectivity index (χ3v) is 10.7. The number of rotatable bonds is 9. The van der Waals surface area contributed by atoms with Crippen molar-refractivity contribution in [3.63, 3.8) is 0 Å². The first-order valence-corrected chi connectivity index (χ1v) is 16.8. The summed E-state index contributed by atoms with van der Waals surface area (Å²) < 4.78 is 5.85. The highest BCUT2D eigenvalue weighted by molar-refractivity contribution is 6.20. The Morgan fingerprint density at radius 3 is 2.53 bits per heavy atom. The average Bonchev–Trinajstić information content (AvgIpc) is 3.32. The average molecular weight is 623 g/mol. The number of fused-ring (bicyclic) bond motifs is 3. The highest BCUT2D eigenvalue weighted by atomic mass is 35.5. The van der Waals surface area contributed by atoms with Crippen LogP contribution in [0.3, 0.4) is 0 Å². The van der Waals surface area contributed by atoms with Crippen LogP contribution in [0.15, 0.2) is 17.1 Å². The number of alkyl halides is 1. The number of allylic oxidation sites excluding steroid dienone is 1. The Hall–Kier alpha value is -1.60. The van der Waals surface area contributed by atoms with Crippen LogP contribution in [0.25, 0.3) is 0 Å². The van der Waals surface area contributed by atoms with Gasteiger partial charge in [0.05, 0.1) is 43.1 Å². The largest absolute Gasteiger partial charge is 0.390 e. The number of hydrogen-bond donors (Lipinski definition) is 6. The summed E-state index contributed by atoms with van der Waals surface area (Å²) in [6.45, 7) is 2.81. The van der Waals surface area contributed by atoms with Crippen LogP contribution in [0.5, 0.6) is 0 Å². The first-order chi connectivity index (χ1) is 20.7. The van der Waals surface area contributed by atoms with E-state index in [9.17, 15) is 19.8 Å². The van der Waals surface area contributed by atoms with Crippen LogP contribution in [0.2, 0.25) is 0 Å². The van der Waals surface area contributed by atoms with Gasteiger partial charge in [0.2, 0.25) is 11.8 Å². The maximum Gasteiger partial charge on any atom is 0.243 e. The molecule has 0 radical (unpaired) electrons. The number of halogens is 1. The molecule has 9 atom stereocenters. The molecule has 0 spiro atoms. The van der Waals surface area contributed by atoms with Gasteiger partial charge in [0.25, 0.3) is 0 Å². The summed E-state index contributed by atoms with van der Waals surface area (Å²) in [6.07, 6.45) is 11.2. The molecule has 0 aromatic carbocycles. The smallest absolute Gasteiger partial charge is 0.243 e. The fourth-order valence-corrected chi connectivity index (χ4v) is 8.18. The van der Waals surface area contributed by atoms with Gasteiger partial charge in [-0.05, 0) is 89.0 Å². The molecule has 2 heterocycles. The number of aliphatic imine (C=N–C) groups is 1. The van der Waals surface area contributed by atoms with Crippen molar-refractivity contribution in [2.24, 2.45) is 22.7 Å². The van der Waals surface area contributed by atoms with Gasteiger partial charge in [0.15, 0.2) is 0 Å². The van der Waals surface area contributed by atoms with Crippen LogP contribution in [0.1, 0.15) is 77.6 Å². The predicted octanol–water partition coefficient (Wildman–Crippen LogP) is 1.57. The zero-order valence-corrected chi connectivity index (χ0v) is 26.3. The van der Waals surface area contributed by atoms with Crippen molar-refractivity contribution in [2.75, 3.05) is 20.2 Å². The Labute approximate surface area is 260 Å². The van der Waals surface area contributed by atoms with Crippen LogP contribution >= 0.6 is 11.6 Å². The lowest BCUT2D eigenvalue weighted by molar-refractivity contribution is -0.122. The van der Waals surface area contributed by atoms with Gasteiger partial charge in [-0.2, -0.15) is 0 Å². The molecule has 3 saturated carbocycles. The number of methoxy groups -OCH3 is 1. The molecule has 0 bridgehead atoms. The summed E-state index contributed by atoms with van der Waals surface area (Å²) in [5, 5.41) is 25.5. The van der Waals surface area contributed by atoms with E-state index in [0.717, 1.165) is 51.4 Å². The van der Waals surface area contributed by atoms with E-state index < -0.39 is 12.2 Å². The molecule has 0 aromatic heterocycles. The minimum atomic E-state index is -0.743. The van der Waals surface area contributed by atoms with Crippen LogP contribution in [0, 0.1) is 17.8 Å². The molecule has 8 unspecified atom stereocenters. The van der Waals surface area contributed by atoms with Crippen LogP contribution in [-0.2, 0) is 14.3 Å². The third-order valence-electron chi connectivity index (χ3n) is 10.3. The molecule has 11 nitrogen and oxygen atoms in total. The van der Waals surface area contributed by atoms with E-state index in [4.69, 9.17) is 21.3 Å². The molecule has 3 aliphatic carbocycles. The number of hydrogen-bond acceptors (Lipinski definition) is 9. The van der Waals surface area contributed by atoms with Crippen LogP contribution in [-0.4, -0.2) is 101 Å². The Kier molecular flexibility index (Phi) is 11.5. The van der Waals surface area contributed by atoms with Gasteiger partial charge >= 0.3 is 0 Å². The quantitative estimate of drug-likeness (QED) is 0.129. The standard InChI is InChI=1S/C31H51ClN6O5/c1-18-36-37-31-24(17-29(42)34-14-13-33-28(41)12-4-19-3-11-26(39)27(40)15-19)35-30(20-5-7-21(32)8-6-20)23-16-22(43-2)9-10-25(23)38(18)31/h4,12,18-27,31,36-37,39-40H,3,5-11,13-17H2,1-2H3,(H,33,41)(H,34,42)/b12-4+/t18?,19?,20?,21?,22?,23?,24-,25?,26?,27?,31?/m0/s1. The maximum atomic E-state index is 13.2. The maximum absolute atomic E-state index is 13.2. The van der Waals surface area contributed by atoms with Crippen molar-refractivity contribution < 1.29 is 24.5 Å². The summed E-state index contributed by atoms with van der Waals surface area (Å²) in [4.78, 5) is 33.4. The first kappa shape index (κ1) is 32.8. The van der Waals surface area contributed by atoms with E-state index in [-0.39, 0.29) is 54.0 Å². The number of ether oxygens (including phenoxy) is 1. The number of aliphatic hydroxyl groups excluding tert-OH is 2. The lowest BCUT2D eigenvalue weighted by Crippen LogP contribution is -2.55. The zero-order valence-electron chi connectivity index (χ0n) is 25.6. The van der Waals surface area contributed by atoms with Crippen molar-refractivity contribution in [1.29, 1.82) is 0 Å². The second kappa shape index (κ2) is 15.1. The topological polar surface area (TPSA) is 148 Å². The molecular weight excluding hydrogens is 572 g/mol. The van der Waals surface area contributed by atoms with E-state index in [2.05, 4.69) is 33.3 Å². The molecule has 2 amide bonds. The molecule has 5 aliphatic rings. The molecule has 242 valence electrons. The molecular formula is C31H51ClN6O5. The van der Waals surface area contributed by atoms with Gasteiger partial charge in [-0.15, -0.1) is 11.6 Å². The van der Waals surface area contributed by atoms with E-state index in [1.54, 1.807) is 6.08 Å². The van der Waals surface area contributed by atoms with Gasteiger partial charge in [0, 0.05) is 43.2 Å². The highest BCUT2D eigenvalue weighted by Crippen LogP contribution is 2.42. The number of amides is 2. The first-order valence-electron chi connectivity index (χ1n) is 16.3. The number of carbonyl (C=O) groups is 2. The van der Waals surface area contributed by atoms with Gasteiger partial charge in [-0.1, -0.05) is 6.08 Å². The summed E-state index contributed by atoms with van der Waals surface area (Å²) in [5.41, 5.74) is 8.12. The number of hydrazine groups is 1. The lowest BCUT2D eigenvalue weighted by atomic mass is 9.72. The Morgan fingerprint density at radius 1 is 1.02 bits per heavy atom. The summed E-state index contributed by atoms with van der Waals surface area (Å²) in [7, 11) is 1.81. The minimum Gasteiger partial charge on any atom is -0.390 e. The van der Waals surface area contributed by atoms with E-state index >= 15 is 0 Å². The molecule has 1 saturated heterocycles. The normalized spacial score (nSPS) is 40.3. The number of carbonyl (C=O) groups excluding carboxylic acids is 2. The fraction of sp³-hybridized carbons (Fsp3) is 0.839. The van der Waals surface area contributed by atoms with E-state index in [1.807, 2.05) is 7.11 Å². The molecule has 12 heteroatoms. The molecule has 43 heavy (non-hydrogen) atoms. The summed E-state index contributed by atoms with van der Waals surface area (Å²) >= 11 is 6.49. The minimum absolute atomic E-state index is 0.0732. The second-order valence-corrected chi connectivity index (χ2v) is 13.8. The van der Waals surface area contributed by atoms with Gasteiger partial charge in [-0.25, -0.2) is 10.9 Å². The number of aliphatic hydroxyl groups is 2. The summed E-state index contributed by atoms with van der Waals surface area (Å²) in [6, 6.07) is 0.0919. The molecule has 6 N–H and O–H groups in total. The molecule has 5 rings (SSSR count). The lowest BCUT2D eigenvalue weighted by Gasteiger charge is -2.44. The SMILES string of the molecule is COC1CCC2C(C1)C(C1CCC(Cl)CC1)=N[C@@H](CC(=O)NCCNC(=O)/C=C/C1CCC(O)C(O)C1)C1NNC(C)N21. The van der Waals surface area contributed by atoms with E-state index in [0.29, 0.717) is 43.8 Å². The van der Waals surface area contributed by atoms with Crippen molar-refractivity contribution in [2.45, 2.75) is 126 Å². The van der Waals surface area contributed by atoms with Crippen LogP contribution in [0.4, 0.5) is 0 Å². The molecule has 0 aromatic rings. The van der Waals surface area contributed by atoms with Crippen molar-refractivity contribution in [3.05, 3.63) is 12.2 Å². The monoisotopic (exact) mass is 622 g/mol. The van der Waals surface area contributed by atoms with Crippen molar-refractivity contribution in [1.82, 2.24) is 26.4 Å². The van der Waals surface area contributed by atoms with Gasteiger partial charge in [-0.3, -0.25) is 19.5 Å². The molecule has 2 aliphatic heterocycles. The highest BCUT2D eigenvalue weighted by Gasteiger charge is 2.50. The number of nitrogens with one attached hydrogen (secondary N) is 4. The Bertz CT molecular complexity index is 1020. The Morgan fingerprint density at radius 2 is 1.79 bits per heavy atom. The van der Waals surface area contributed by atoms with Crippen molar-refractivity contribution in [3.8, 4) is 0 Å². The second-order valence-electron chi connectivity index (χ2n) is 13.2. The van der Waals surface area contributed by atoms with Crippen molar-refractivity contribution >= 4 is 29.1 Å². The fourth-order valence-electron chi connectivity index (χ4n) is 7.93. The summed E-state index contributed by atoms with van der Waals surface area (Å²) in [5.74, 6) is 0.433. The third kappa shape index (κ3) is 8.17. The van der Waals surface area contributed by atoms with Crippen LogP contribution < -0.4 is 21.5 Å². The zero-order chi connectivity index (χ0) is 30.5. The predicted molar refractivity (Wildman–Crippen MR) is 165 cm³/mol. The van der Waals surface area contributed by atoms with Gasteiger partial charge in [0.1, 0.15) is 0 Å². The van der Waals surface area contributed by atoms with E-state index in [1.165, 1.54) is 11.8 Å². The number of nitrogens with zero attached hydrogens (tertiary/aromatic N) is 2. The van der Waals surface area contributed by atoms with Gasteiger partial charge < -0.3 is 25.6 Å². The molecule has 4 fully saturated rings. The Balaban J connectivity index is 1.19.